The SMILES string of the molecule is CCN(Cc1ccccc1)c1ccc(C(=O)NCc2ccco2)nn1. The minimum absolute atomic E-state index is 0.276. The molecule has 6 nitrogen and oxygen atoms in total. The minimum Gasteiger partial charge on any atom is -0.467 e. The van der Waals surface area contributed by atoms with E-state index in [2.05, 4.69) is 39.5 Å². The van der Waals surface area contributed by atoms with Crippen molar-refractivity contribution >= 4 is 11.7 Å². The molecule has 0 fully saturated rings. The van der Waals surface area contributed by atoms with Crippen LogP contribution in [0.15, 0.2) is 65.3 Å². The first kappa shape index (κ1) is 16.7. The van der Waals surface area contributed by atoms with E-state index in [-0.39, 0.29) is 11.6 Å². The highest BCUT2D eigenvalue weighted by Crippen LogP contribution is 2.13. The van der Waals surface area contributed by atoms with Crippen LogP contribution >= 0.6 is 0 Å². The van der Waals surface area contributed by atoms with E-state index in [0.29, 0.717) is 12.3 Å². The lowest BCUT2D eigenvalue weighted by molar-refractivity contribution is 0.0942. The first-order valence-electron chi connectivity index (χ1n) is 8.19. The van der Waals surface area contributed by atoms with Crippen molar-refractivity contribution in [3.05, 3.63) is 77.9 Å². The third-order valence-electron chi connectivity index (χ3n) is 3.81. The zero-order valence-electron chi connectivity index (χ0n) is 14.1. The molecule has 0 aliphatic rings. The summed E-state index contributed by atoms with van der Waals surface area (Å²) < 4.78 is 5.18. The smallest absolute Gasteiger partial charge is 0.272 e. The second-order valence-corrected chi connectivity index (χ2v) is 5.54. The number of anilines is 1. The fourth-order valence-electron chi connectivity index (χ4n) is 2.44. The van der Waals surface area contributed by atoms with Crippen LogP contribution in [0.5, 0.6) is 0 Å². The molecule has 0 unspecified atom stereocenters. The molecule has 0 saturated carbocycles. The van der Waals surface area contributed by atoms with E-state index >= 15 is 0 Å². The topological polar surface area (TPSA) is 71.3 Å². The number of nitrogens with zero attached hydrogens (tertiary/aromatic N) is 3. The van der Waals surface area contributed by atoms with Crippen molar-refractivity contribution in [1.29, 1.82) is 0 Å². The monoisotopic (exact) mass is 336 g/mol. The van der Waals surface area contributed by atoms with E-state index in [1.54, 1.807) is 24.5 Å². The normalized spacial score (nSPS) is 10.4. The number of rotatable bonds is 7. The number of amides is 1. The number of benzene rings is 1. The first-order chi connectivity index (χ1) is 12.3. The van der Waals surface area contributed by atoms with E-state index in [1.807, 2.05) is 24.3 Å². The Balaban J connectivity index is 1.62. The Bertz CT molecular complexity index is 786. The van der Waals surface area contributed by atoms with Crippen LogP contribution in [0.1, 0.15) is 28.7 Å². The zero-order chi connectivity index (χ0) is 17.5. The van der Waals surface area contributed by atoms with Crippen LogP contribution in [0.4, 0.5) is 5.82 Å². The maximum atomic E-state index is 12.1. The second-order valence-electron chi connectivity index (χ2n) is 5.54. The van der Waals surface area contributed by atoms with Gasteiger partial charge in [0.1, 0.15) is 5.76 Å². The molecule has 0 atom stereocenters. The Morgan fingerprint density at radius 2 is 1.92 bits per heavy atom. The van der Waals surface area contributed by atoms with E-state index in [0.717, 1.165) is 18.9 Å². The Kier molecular flexibility index (Phi) is 5.41. The molecule has 3 aromatic rings. The largest absolute Gasteiger partial charge is 0.467 e. The molecule has 0 bridgehead atoms. The predicted octanol–water partition coefficient (Wildman–Crippen LogP) is 3.03. The van der Waals surface area contributed by atoms with Gasteiger partial charge in [-0.05, 0) is 36.8 Å². The fourth-order valence-corrected chi connectivity index (χ4v) is 2.44. The molecule has 1 N–H and O–H groups in total. The first-order valence-corrected chi connectivity index (χ1v) is 8.19. The van der Waals surface area contributed by atoms with E-state index in [1.165, 1.54) is 5.56 Å². The van der Waals surface area contributed by atoms with Crippen molar-refractivity contribution in [3.8, 4) is 0 Å². The highest BCUT2D eigenvalue weighted by Gasteiger charge is 2.11. The van der Waals surface area contributed by atoms with Gasteiger partial charge in [0.05, 0.1) is 12.8 Å². The van der Waals surface area contributed by atoms with Gasteiger partial charge in [-0.3, -0.25) is 4.79 Å². The molecule has 0 radical (unpaired) electrons. The Morgan fingerprint density at radius 3 is 2.56 bits per heavy atom. The molecule has 3 rings (SSSR count). The van der Waals surface area contributed by atoms with Crippen LogP contribution in [-0.2, 0) is 13.1 Å². The molecule has 128 valence electrons. The van der Waals surface area contributed by atoms with E-state index in [4.69, 9.17) is 4.42 Å². The molecule has 2 aromatic heterocycles. The highest BCUT2D eigenvalue weighted by atomic mass is 16.3. The zero-order valence-corrected chi connectivity index (χ0v) is 14.1. The Labute approximate surface area is 146 Å². The van der Waals surface area contributed by atoms with Crippen molar-refractivity contribution in [2.24, 2.45) is 0 Å². The van der Waals surface area contributed by atoms with Crippen molar-refractivity contribution in [3.63, 3.8) is 0 Å². The van der Waals surface area contributed by atoms with Gasteiger partial charge in [0.2, 0.25) is 0 Å². The standard InChI is InChI=1S/C19H20N4O2/c1-2-23(14-15-7-4-3-5-8-15)18-11-10-17(21-22-18)19(24)20-13-16-9-6-12-25-16/h3-12H,2,13-14H2,1H3,(H,20,24). The van der Waals surface area contributed by atoms with E-state index in [9.17, 15) is 4.79 Å². The third-order valence-corrected chi connectivity index (χ3v) is 3.81. The van der Waals surface area contributed by atoms with Crippen molar-refractivity contribution < 1.29 is 9.21 Å². The number of aromatic nitrogens is 2. The lowest BCUT2D eigenvalue weighted by atomic mass is 10.2. The Hall–Kier alpha value is -3.15. The number of hydrogen-bond donors (Lipinski definition) is 1. The van der Waals surface area contributed by atoms with Crippen LogP contribution < -0.4 is 10.2 Å². The van der Waals surface area contributed by atoms with Gasteiger partial charge in [-0.1, -0.05) is 30.3 Å². The second kappa shape index (κ2) is 8.10. The lowest BCUT2D eigenvalue weighted by Gasteiger charge is -2.21. The summed E-state index contributed by atoms with van der Waals surface area (Å²) in [6, 6.07) is 17.3. The molecule has 1 amide bonds. The summed E-state index contributed by atoms with van der Waals surface area (Å²) in [5.41, 5.74) is 1.48. The van der Waals surface area contributed by atoms with Gasteiger partial charge >= 0.3 is 0 Å². The number of hydrogen-bond acceptors (Lipinski definition) is 5. The van der Waals surface area contributed by atoms with Crippen LogP contribution in [-0.4, -0.2) is 22.6 Å². The molecule has 2 heterocycles. The molecule has 6 heteroatoms. The highest BCUT2D eigenvalue weighted by molar-refractivity contribution is 5.92. The molecule has 0 spiro atoms. The van der Waals surface area contributed by atoms with Crippen LogP contribution in [0.25, 0.3) is 0 Å². The molecule has 0 aliphatic heterocycles. The van der Waals surface area contributed by atoms with Crippen LogP contribution in [0.2, 0.25) is 0 Å². The lowest BCUT2D eigenvalue weighted by Crippen LogP contribution is -2.26. The molecule has 0 saturated heterocycles. The van der Waals surface area contributed by atoms with Gasteiger partial charge in [0, 0.05) is 13.1 Å². The molecular weight excluding hydrogens is 316 g/mol. The van der Waals surface area contributed by atoms with Crippen LogP contribution in [0.3, 0.4) is 0 Å². The van der Waals surface area contributed by atoms with Gasteiger partial charge in [0.25, 0.3) is 5.91 Å². The maximum absolute atomic E-state index is 12.1. The average Bonchev–Trinajstić information content (AvgIpc) is 3.19. The average molecular weight is 336 g/mol. The van der Waals surface area contributed by atoms with E-state index < -0.39 is 0 Å². The molecule has 0 aliphatic carbocycles. The Morgan fingerprint density at radius 1 is 1.08 bits per heavy atom. The summed E-state index contributed by atoms with van der Waals surface area (Å²) in [5.74, 6) is 1.16. The maximum Gasteiger partial charge on any atom is 0.272 e. The molecule has 25 heavy (non-hydrogen) atoms. The van der Waals surface area contributed by atoms with Gasteiger partial charge in [0.15, 0.2) is 11.5 Å². The quantitative estimate of drug-likeness (QED) is 0.718. The predicted molar refractivity (Wildman–Crippen MR) is 95.1 cm³/mol. The summed E-state index contributed by atoms with van der Waals surface area (Å²) >= 11 is 0. The van der Waals surface area contributed by atoms with Crippen molar-refractivity contribution in [2.45, 2.75) is 20.0 Å². The minimum atomic E-state index is -0.276. The van der Waals surface area contributed by atoms with Gasteiger partial charge < -0.3 is 14.6 Å². The summed E-state index contributed by atoms with van der Waals surface area (Å²) in [4.78, 5) is 14.2. The number of nitrogens with one attached hydrogen (secondary N) is 1. The summed E-state index contributed by atoms with van der Waals surface area (Å²) in [5, 5.41) is 11.0. The number of furan rings is 1. The van der Waals surface area contributed by atoms with Gasteiger partial charge in [-0.2, -0.15) is 0 Å². The fraction of sp³-hybridized carbons (Fsp3) is 0.211. The van der Waals surface area contributed by atoms with Crippen molar-refractivity contribution in [1.82, 2.24) is 15.5 Å². The molecule has 1 aromatic carbocycles. The summed E-state index contributed by atoms with van der Waals surface area (Å²) in [6.45, 7) is 3.93. The van der Waals surface area contributed by atoms with Crippen molar-refractivity contribution in [2.75, 3.05) is 11.4 Å². The summed E-state index contributed by atoms with van der Waals surface area (Å²) in [6.07, 6.45) is 1.57. The van der Waals surface area contributed by atoms with Gasteiger partial charge in [-0.25, -0.2) is 0 Å². The van der Waals surface area contributed by atoms with Crippen LogP contribution in [0, 0.1) is 0 Å². The number of carbonyl (C=O) groups excluding carboxylic acids is 1. The van der Waals surface area contributed by atoms with Gasteiger partial charge in [-0.15, -0.1) is 10.2 Å². The summed E-state index contributed by atoms with van der Waals surface area (Å²) in [7, 11) is 0. The number of carbonyl (C=O) groups is 1. The molecular formula is C19H20N4O2. The third kappa shape index (κ3) is 4.44.